The van der Waals surface area contributed by atoms with Gasteiger partial charge in [0.05, 0.1) is 12.4 Å². The van der Waals surface area contributed by atoms with Crippen LogP contribution in [0.15, 0.2) is 48.8 Å². The van der Waals surface area contributed by atoms with E-state index in [-0.39, 0.29) is 24.0 Å². The predicted molar refractivity (Wildman–Crippen MR) is 159 cm³/mol. The minimum Gasteiger partial charge on any atom is -0.462 e. The van der Waals surface area contributed by atoms with Gasteiger partial charge in [-0.1, -0.05) is 43.3 Å². The van der Waals surface area contributed by atoms with E-state index < -0.39 is 44.6 Å². The molecule has 0 bridgehead atoms. The summed E-state index contributed by atoms with van der Waals surface area (Å²) in [6.07, 6.45) is 0.144. The third-order valence-electron chi connectivity index (χ3n) is 6.87. The minimum atomic E-state index is -4.39. The summed E-state index contributed by atoms with van der Waals surface area (Å²) in [7, 11) is -2.71. The number of fused-ring (bicyclic) bond motifs is 2. The van der Waals surface area contributed by atoms with E-state index in [4.69, 9.17) is 24.3 Å². The van der Waals surface area contributed by atoms with Gasteiger partial charge in [0.1, 0.15) is 24.6 Å². The Balaban J connectivity index is 1.39. The van der Waals surface area contributed by atoms with E-state index in [0.29, 0.717) is 22.4 Å². The van der Waals surface area contributed by atoms with Crippen LogP contribution in [0.4, 0.5) is 16.2 Å². The number of hydrogen-bond acceptors (Lipinski definition) is 11. The smallest absolute Gasteiger partial charge is 0.459 e. The van der Waals surface area contributed by atoms with Crippen LogP contribution in [-0.4, -0.2) is 57.1 Å². The normalized spacial score (nSPS) is 22.5. The van der Waals surface area contributed by atoms with E-state index in [1.54, 1.807) is 56.7 Å². The summed E-state index contributed by atoms with van der Waals surface area (Å²) < 4.78 is 54.7. The van der Waals surface area contributed by atoms with Crippen molar-refractivity contribution in [1.82, 2.24) is 24.6 Å². The summed E-state index contributed by atoms with van der Waals surface area (Å²) in [5.74, 6) is -2.74. The van der Waals surface area contributed by atoms with Crippen LogP contribution in [0.1, 0.15) is 40.3 Å². The SMILES string of the molecule is CNc1nc(N)nc2c1ncn2[C@@H]1O[C@](F)(CO[P@@](=O)(N[C@@H](C)C(=O)OC(C)C)Oc2cccc3ccccc23)C[C@@H]1C. The number of hydrogen-bond donors (Lipinski definition) is 3. The average Bonchev–Trinajstić information content (AvgIpc) is 3.51. The van der Waals surface area contributed by atoms with Crippen LogP contribution < -0.4 is 20.7 Å². The fourth-order valence-electron chi connectivity index (χ4n) is 4.98. The van der Waals surface area contributed by atoms with Gasteiger partial charge in [0.25, 0.3) is 0 Å². The Bertz CT molecular complexity index is 1680. The molecule has 3 heterocycles. The largest absolute Gasteiger partial charge is 0.462 e. The highest BCUT2D eigenvalue weighted by Crippen LogP contribution is 2.50. The van der Waals surface area contributed by atoms with E-state index in [0.717, 1.165) is 5.39 Å². The fourth-order valence-corrected chi connectivity index (χ4v) is 6.52. The molecular weight excluding hydrogens is 580 g/mol. The molecule has 5 rings (SSSR count). The van der Waals surface area contributed by atoms with E-state index in [1.807, 2.05) is 18.2 Å². The molecule has 0 spiro atoms. The van der Waals surface area contributed by atoms with Gasteiger partial charge in [-0.3, -0.25) is 13.9 Å². The van der Waals surface area contributed by atoms with E-state index >= 15 is 4.39 Å². The van der Waals surface area contributed by atoms with Crippen LogP contribution in [0.25, 0.3) is 21.9 Å². The summed E-state index contributed by atoms with van der Waals surface area (Å²) in [5, 5.41) is 7.01. The van der Waals surface area contributed by atoms with Crippen LogP contribution in [-0.2, 0) is 23.4 Å². The van der Waals surface area contributed by atoms with Crippen molar-refractivity contribution in [2.75, 3.05) is 24.7 Å². The highest BCUT2D eigenvalue weighted by Gasteiger charge is 2.49. The van der Waals surface area contributed by atoms with Crippen LogP contribution >= 0.6 is 7.75 Å². The molecule has 15 heteroatoms. The molecule has 0 aliphatic carbocycles. The molecule has 1 aliphatic rings. The number of nitrogen functional groups attached to an aromatic ring is 1. The zero-order chi connectivity index (χ0) is 30.9. The van der Waals surface area contributed by atoms with Crippen molar-refractivity contribution < 1.29 is 32.3 Å². The van der Waals surface area contributed by atoms with Gasteiger partial charge in [-0.05, 0) is 32.2 Å². The lowest BCUT2D eigenvalue weighted by Crippen LogP contribution is -2.37. The number of anilines is 2. The number of nitrogens with one attached hydrogen (secondary N) is 2. The first-order chi connectivity index (χ1) is 20.4. The second-order valence-electron chi connectivity index (χ2n) is 10.8. The molecule has 43 heavy (non-hydrogen) atoms. The Morgan fingerprint density at radius 1 is 1.23 bits per heavy atom. The summed E-state index contributed by atoms with van der Waals surface area (Å²) in [5.41, 5.74) is 6.68. The molecule has 4 N–H and O–H groups in total. The minimum absolute atomic E-state index is 0.0156. The van der Waals surface area contributed by atoms with Crippen molar-refractivity contribution in [2.45, 2.75) is 58.3 Å². The first-order valence-electron chi connectivity index (χ1n) is 13.8. The number of benzene rings is 2. The second kappa shape index (κ2) is 12.0. The number of carbonyl (C=O) groups is 1. The zero-order valence-electron chi connectivity index (χ0n) is 24.5. The lowest BCUT2D eigenvalue weighted by atomic mass is 10.1. The van der Waals surface area contributed by atoms with Crippen molar-refractivity contribution in [1.29, 1.82) is 0 Å². The molecule has 1 aliphatic heterocycles. The van der Waals surface area contributed by atoms with Gasteiger partial charge in [-0.15, -0.1) is 0 Å². The van der Waals surface area contributed by atoms with E-state index in [1.165, 1.54) is 13.3 Å². The summed E-state index contributed by atoms with van der Waals surface area (Å²) >= 11 is 0. The Kier molecular flexibility index (Phi) is 8.57. The zero-order valence-corrected chi connectivity index (χ0v) is 25.4. The van der Waals surface area contributed by atoms with E-state index in [2.05, 4.69) is 25.4 Å². The van der Waals surface area contributed by atoms with Crippen LogP contribution in [0, 0.1) is 5.92 Å². The number of nitrogens with zero attached hydrogens (tertiary/aromatic N) is 4. The van der Waals surface area contributed by atoms with Gasteiger partial charge in [0.15, 0.2) is 17.0 Å². The highest BCUT2D eigenvalue weighted by molar-refractivity contribution is 7.52. The molecular formula is C28H35FN7O6P. The third-order valence-corrected chi connectivity index (χ3v) is 8.48. The van der Waals surface area contributed by atoms with Crippen molar-refractivity contribution in [3.05, 3.63) is 48.8 Å². The lowest BCUT2D eigenvalue weighted by Gasteiger charge is -2.27. The summed E-state index contributed by atoms with van der Waals surface area (Å²) in [4.78, 5) is 25.3. The number of rotatable bonds is 11. The molecule has 5 atom stereocenters. The molecule has 0 unspecified atom stereocenters. The number of alkyl halides is 1. The fraction of sp³-hybridized carbons (Fsp3) is 0.429. The first-order valence-corrected chi connectivity index (χ1v) is 15.4. The molecule has 2 aromatic heterocycles. The van der Waals surface area contributed by atoms with Crippen molar-refractivity contribution in [2.24, 2.45) is 5.92 Å². The molecule has 0 radical (unpaired) electrons. The maximum Gasteiger partial charge on any atom is 0.459 e. The van der Waals surface area contributed by atoms with Crippen molar-refractivity contribution in [3.8, 4) is 5.75 Å². The topological polar surface area (TPSA) is 165 Å². The standard InChI is InChI=1S/C28H35FN7O6P/c1-16(2)40-26(37)18(4)35-43(38,42-21-12-8-10-19-9-6-7-11-20(19)21)39-14-28(29)13-17(3)25(41-28)36-15-32-22-23(31-5)33-27(30)34-24(22)36/h6-12,15-18,25H,13-14H2,1-5H3,(H,35,38)(H3,30,31,33,34)/t17-,18-,25+,28-,43-/m0/s1. The molecule has 0 amide bonds. The molecule has 230 valence electrons. The molecule has 1 saturated heterocycles. The van der Waals surface area contributed by atoms with Gasteiger partial charge in [0, 0.05) is 24.8 Å². The second-order valence-corrected chi connectivity index (χ2v) is 12.4. The Labute approximate surface area is 247 Å². The van der Waals surface area contributed by atoms with Gasteiger partial charge in [-0.25, -0.2) is 13.9 Å². The van der Waals surface area contributed by atoms with Crippen molar-refractivity contribution >= 4 is 47.4 Å². The van der Waals surface area contributed by atoms with Crippen LogP contribution in [0.5, 0.6) is 5.75 Å². The van der Waals surface area contributed by atoms with Gasteiger partial charge >= 0.3 is 13.7 Å². The number of aromatic nitrogens is 4. The van der Waals surface area contributed by atoms with Gasteiger partial charge in [-0.2, -0.15) is 15.1 Å². The molecule has 0 saturated carbocycles. The molecule has 2 aromatic carbocycles. The number of imidazole rings is 1. The number of nitrogens with two attached hydrogens (primary N) is 1. The number of ether oxygens (including phenoxy) is 2. The van der Waals surface area contributed by atoms with Crippen LogP contribution in [0.3, 0.4) is 0 Å². The van der Waals surface area contributed by atoms with Gasteiger partial charge < -0.3 is 25.0 Å². The maximum atomic E-state index is 16.3. The van der Waals surface area contributed by atoms with E-state index in [9.17, 15) is 9.36 Å². The number of esters is 1. The number of halogens is 1. The number of carbonyl (C=O) groups excluding carboxylic acids is 1. The Hall–Kier alpha value is -3.84. The van der Waals surface area contributed by atoms with Gasteiger partial charge in [0.2, 0.25) is 11.8 Å². The quantitative estimate of drug-likeness (QED) is 0.154. The maximum absolute atomic E-state index is 16.3. The monoisotopic (exact) mass is 615 g/mol. The Morgan fingerprint density at radius 2 is 1.98 bits per heavy atom. The van der Waals surface area contributed by atoms with Crippen LogP contribution in [0.2, 0.25) is 0 Å². The average molecular weight is 616 g/mol. The Morgan fingerprint density at radius 3 is 2.72 bits per heavy atom. The molecule has 1 fully saturated rings. The summed E-state index contributed by atoms with van der Waals surface area (Å²) in [6.45, 7) is 5.88. The third kappa shape index (κ3) is 6.57. The first kappa shape index (κ1) is 30.6. The predicted octanol–water partition coefficient (Wildman–Crippen LogP) is 4.96. The van der Waals surface area contributed by atoms with Crippen molar-refractivity contribution in [3.63, 3.8) is 0 Å². The summed E-state index contributed by atoms with van der Waals surface area (Å²) in [6, 6.07) is 11.4. The molecule has 4 aromatic rings. The highest BCUT2D eigenvalue weighted by atomic mass is 31.2. The lowest BCUT2D eigenvalue weighted by molar-refractivity contribution is -0.173. The molecule has 13 nitrogen and oxygen atoms in total.